The van der Waals surface area contributed by atoms with Gasteiger partial charge < -0.3 is 9.30 Å². The fraction of sp³-hybridized carbons (Fsp3) is 0.220. The number of benzene rings is 4. The van der Waals surface area contributed by atoms with Crippen molar-refractivity contribution in [2.45, 2.75) is 60.3 Å². The summed E-state index contributed by atoms with van der Waals surface area (Å²) in [6, 6.07) is 36.8. The number of aromatic nitrogens is 4. The maximum atomic E-state index is 6.59. The van der Waals surface area contributed by atoms with Crippen LogP contribution in [0.1, 0.15) is 67.6 Å². The Bertz CT molecular complexity index is 2230. The van der Waals surface area contributed by atoms with Crippen molar-refractivity contribution in [3.8, 4) is 34.1 Å². The van der Waals surface area contributed by atoms with Gasteiger partial charge in [-0.05, 0) is 78.6 Å². The molecule has 0 radical (unpaired) electrons. The van der Waals surface area contributed by atoms with E-state index in [2.05, 4.69) is 132 Å². The minimum atomic E-state index is 0. The van der Waals surface area contributed by atoms with Crippen LogP contribution < -0.4 is 4.74 Å². The van der Waals surface area contributed by atoms with Crippen molar-refractivity contribution >= 4 is 21.8 Å². The van der Waals surface area contributed by atoms with E-state index in [1.165, 1.54) is 10.9 Å². The molecule has 0 unspecified atom stereocenters. The van der Waals surface area contributed by atoms with Gasteiger partial charge in [-0.25, -0.2) is 4.98 Å². The van der Waals surface area contributed by atoms with Gasteiger partial charge in [-0.1, -0.05) is 75.7 Å². The molecular weight excluding hydrogens is 760 g/mol. The first-order chi connectivity index (χ1) is 22.2. The first-order valence-electron chi connectivity index (χ1n) is 16.0. The van der Waals surface area contributed by atoms with Gasteiger partial charge in [0.1, 0.15) is 5.82 Å². The summed E-state index contributed by atoms with van der Waals surface area (Å²) in [7, 11) is 0. The van der Waals surface area contributed by atoms with Crippen molar-refractivity contribution < 1.29 is 25.8 Å². The molecule has 5 nitrogen and oxygen atoms in total. The molecule has 0 spiro atoms. The maximum absolute atomic E-state index is 6.59. The number of hydrogen-bond donors (Lipinski definition) is 0. The van der Waals surface area contributed by atoms with E-state index < -0.39 is 0 Å². The van der Waals surface area contributed by atoms with Crippen LogP contribution in [0.25, 0.3) is 44.4 Å². The summed E-state index contributed by atoms with van der Waals surface area (Å²) in [5.74, 6) is 2.83. The Balaban J connectivity index is 0.00000386. The Kier molecular flexibility index (Phi) is 8.96. The zero-order valence-electron chi connectivity index (χ0n) is 27.8. The molecule has 0 N–H and O–H groups in total. The molecule has 6 heteroatoms. The summed E-state index contributed by atoms with van der Waals surface area (Å²) in [5, 5.41) is 7.25. The number of rotatable bonds is 7. The quantitative estimate of drug-likeness (QED) is 0.151. The van der Waals surface area contributed by atoms with Crippen molar-refractivity contribution in [1.29, 1.82) is 0 Å². The van der Waals surface area contributed by atoms with Gasteiger partial charge in [0.15, 0.2) is 0 Å². The molecule has 0 bridgehead atoms. The number of pyridine rings is 1. The molecule has 0 aliphatic carbocycles. The SMILES string of the molecule is Cc1ccnc(-n2c3[c-]c(Oc4[c-]c(-n5nc(C)c(-c6ccccc6)c5C)cc(C(C)C)c4)ccc3c3cc(C(C)C)ccc32)c1.[Pt+2]. The Morgan fingerprint density at radius 3 is 2.21 bits per heavy atom. The van der Waals surface area contributed by atoms with E-state index in [1.807, 2.05) is 29.1 Å². The average Bonchev–Trinajstić information content (AvgIpc) is 3.53. The topological polar surface area (TPSA) is 44.9 Å². The van der Waals surface area contributed by atoms with Crippen LogP contribution in [0.3, 0.4) is 0 Å². The monoisotopic (exact) mass is 797 g/mol. The van der Waals surface area contributed by atoms with Crippen molar-refractivity contribution in [3.05, 3.63) is 131 Å². The van der Waals surface area contributed by atoms with Crippen LogP contribution in [0, 0.1) is 32.9 Å². The number of nitrogens with zero attached hydrogens (tertiary/aromatic N) is 4. The number of fused-ring (bicyclic) bond motifs is 3. The molecule has 47 heavy (non-hydrogen) atoms. The molecule has 238 valence electrons. The standard InChI is InChI=1S/C41H38N4O.Pt/c1-25(2)31-13-16-38-37(22-31)36-15-14-34(24-39(36)44(38)40-19-27(5)17-18-42-40)46-35-21-32(26(3)4)20-33(23-35)45-29(7)41(28(6)43-45)30-11-9-8-10-12-30;/h8-22,25-26H,1-7H3;/q-2;+2. The second-order valence-electron chi connectivity index (χ2n) is 12.8. The van der Waals surface area contributed by atoms with Gasteiger partial charge in [0.05, 0.1) is 5.69 Å². The van der Waals surface area contributed by atoms with Gasteiger partial charge >= 0.3 is 21.1 Å². The molecule has 3 heterocycles. The molecule has 3 aromatic heterocycles. The molecule has 7 rings (SSSR count). The minimum Gasteiger partial charge on any atom is -0.509 e. The van der Waals surface area contributed by atoms with E-state index in [9.17, 15) is 0 Å². The molecule has 0 aliphatic heterocycles. The third-order valence-electron chi connectivity index (χ3n) is 8.79. The van der Waals surface area contributed by atoms with E-state index in [4.69, 9.17) is 14.8 Å². The van der Waals surface area contributed by atoms with Crippen LogP contribution in [0.15, 0.2) is 91.1 Å². The molecule has 7 aromatic rings. The van der Waals surface area contributed by atoms with E-state index >= 15 is 0 Å². The fourth-order valence-corrected chi connectivity index (χ4v) is 6.31. The van der Waals surface area contributed by atoms with Gasteiger partial charge in [-0.3, -0.25) is 4.68 Å². The molecule has 0 saturated carbocycles. The van der Waals surface area contributed by atoms with Crippen LogP contribution in [0.2, 0.25) is 0 Å². The van der Waals surface area contributed by atoms with Crippen molar-refractivity contribution in [2.24, 2.45) is 0 Å². The molecule has 0 atom stereocenters. The van der Waals surface area contributed by atoms with Gasteiger partial charge in [-0.15, -0.1) is 41.3 Å². The maximum Gasteiger partial charge on any atom is 2.00 e. The normalized spacial score (nSPS) is 11.5. The predicted octanol–water partition coefficient (Wildman–Crippen LogP) is 10.6. The Hall–Kier alpha value is -4.47. The molecular formula is C41H38N4OPt. The number of aryl methyl sites for hydroxylation is 2. The molecule has 0 saturated heterocycles. The summed E-state index contributed by atoms with van der Waals surface area (Å²) >= 11 is 0. The summed E-state index contributed by atoms with van der Waals surface area (Å²) in [6.07, 6.45) is 1.86. The fourth-order valence-electron chi connectivity index (χ4n) is 6.31. The average molecular weight is 798 g/mol. The zero-order chi connectivity index (χ0) is 32.1. The van der Waals surface area contributed by atoms with Gasteiger partial charge in [0, 0.05) is 34.5 Å². The minimum absolute atomic E-state index is 0. The third-order valence-corrected chi connectivity index (χ3v) is 8.79. The van der Waals surface area contributed by atoms with Gasteiger partial charge in [0.25, 0.3) is 0 Å². The molecule has 0 fully saturated rings. The van der Waals surface area contributed by atoms with Crippen molar-refractivity contribution in [2.75, 3.05) is 0 Å². The van der Waals surface area contributed by atoms with Crippen LogP contribution in [0.4, 0.5) is 0 Å². The van der Waals surface area contributed by atoms with Crippen molar-refractivity contribution in [3.63, 3.8) is 0 Å². The summed E-state index contributed by atoms with van der Waals surface area (Å²) in [4.78, 5) is 4.76. The van der Waals surface area contributed by atoms with Crippen molar-refractivity contribution in [1.82, 2.24) is 19.3 Å². The molecule has 0 amide bonds. The van der Waals surface area contributed by atoms with E-state index in [-0.39, 0.29) is 27.0 Å². The third kappa shape index (κ3) is 6.05. The van der Waals surface area contributed by atoms with E-state index in [0.717, 1.165) is 61.6 Å². The molecule has 4 aromatic carbocycles. The van der Waals surface area contributed by atoms with Crippen LogP contribution in [-0.4, -0.2) is 19.3 Å². The van der Waals surface area contributed by atoms with Crippen LogP contribution >= 0.6 is 0 Å². The van der Waals surface area contributed by atoms with Gasteiger partial charge in [-0.2, -0.15) is 11.2 Å². The largest absolute Gasteiger partial charge is 2.00 e. The summed E-state index contributed by atoms with van der Waals surface area (Å²) in [5.41, 5.74) is 10.8. The Labute approximate surface area is 291 Å². The first kappa shape index (κ1) is 32.5. The number of hydrogen-bond acceptors (Lipinski definition) is 3. The first-order valence-corrected chi connectivity index (χ1v) is 16.0. The van der Waals surface area contributed by atoms with Crippen LogP contribution in [0.5, 0.6) is 11.5 Å². The van der Waals surface area contributed by atoms with Gasteiger partial charge in [0.2, 0.25) is 0 Å². The van der Waals surface area contributed by atoms with E-state index in [0.29, 0.717) is 17.4 Å². The second-order valence-corrected chi connectivity index (χ2v) is 12.8. The van der Waals surface area contributed by atoms with Crippen LogP contribution in [-0.2, 0) is 21.1 Å². The Morgan fingerprint density at radius 2 is 1.49 bits per heavy atom. The smallest absolute Gasteiger partial charge is 0.509 e. The van der Waals surface area contributed by atoms with E-state index in [1.54, 1.807) is 0 Å². The predicted molar refractivity (Wildman–Crippen MR) is 188 cm³/mol. The number of ether oxygens (including phenoxy) is 1. The second kappa shape index (κ2) is 13.0. The summed E-state index contributed by atoms with van der Waals surface area (Å²) < 4.78 is 10.8. The zero-order valence-corrected chi connectivity index (χ0v) is 30.1. The summed E-state index contributed by atoms with van der Waals surface area (Å²) in [6.45, 7) is 15.1. The Morgan fingerprint density at radius 1 is 0.723 bits per heavy atom. The molecule has 0 aliphatic rings.